The van der Waals surface area contributed by atoms with Gasteiger partial charge in [0, 0.05) is 36.0 Å². The molecule has 1 aliphatic heterocycles. The molecular weight excluding hydrogens is 478 g/mol. The van der Waals surface area contributed by atoms with Crippen molar-refractivity contribution in [2.24, 2.45) is 0 Å². The Morgan fingerprint density at radius 2 is 1.87 bits per heavy atom. The zero-order valence-electron chi connectivity index (χ0n) is 22.1. The highest BCUT2D eigenvalue weighted by Crippen LogP contribution is 2.33. The van der Waals surface area contributed by atoms with Gasteiger partial charge in [-0.1, -0.05) is 30.3 Å². The molecule has 1 unspecified atom stereocenters. The molecule has 196 valence electrons. The summed E-state index contributed by atoms with van der Waals surface area (Å²) >= 11 is 0. The van der Waals surface area contributed by atoms with E-state index in [0.717, 1.165) is 47.1 Å². The summed E-state index contributed by atoms with van der Waals surface area (Å²) in [5.41, 5.74) is 2.80. The van der Waals surface area contributed by atoms with Gasteiger partial charge in [0.05, 0.1) is 17.2 Å². The number of rotatable bonds is 6. The molecule has 0 saturated carbocycles. The summed E-state index contributed by atoms with van der Waals surface area (Å²) < 4.78 is 11.8. The highest BCUT2D eigenvalue weighted by molar-refractivity contribution is 6.01. The molecule has 1 atom stereocenters. The summed E-state index contributed by atoms with van der Waals surface area (Å²) in [5, 5.41) is 4.25. The smallest absolute Gasteiger partial charge is 0.415 e. The van der Waals surface area contributed by atoms with Crippen molar-refractivity contribution in [3.05, 3.63) is 78.6 Å². The Morgan fingerprint density at radius 1 is 1.05 bits per heavy atom. The Labute approximate surface area is 223 Å². The number of aromatic nitrogens is 3. The molecule has 0 spiro atoms. The third-order valence-corrected chi connectivity index (χ3v) is 6.32. The second-order valence-electron chi connectivity index (χ2n) is 10.4. The van der Waals surface area contributed by atoms with Crippen LogP contribution in [0.1, 0.15) is 39.2 Å². The van der Waals surface area contributed by atoms with E-state index in [0.29, 0.717) is 24.9 Å². The Morgan fingerprint density at radius 3 is 2.63 bits per heavy atom. The van der Waals surface area contributed by atoms with Crippen LogP contribution in [0.25, 0.3) is 22.3 Å². The molecule has 0 bridgehead atoms. The molecule has 1 amide bonds. The predicted octanol–water partition coefficient (Wildman–Crippen LogP) is 5.76. The number of amides is 1. The van der Waals surface area contributed by atoms with Crippen LogP contribution in [0.15, 0.2) is 73.1 Å². The van der Waals surface area contributed by atoms with Crippen molar-refractivity contribution in [1.29, 1.82) is 0 Å². The highest BCUT2D eigenvalue weighted by atomic mass is 16.6. The molecule has 3 heterocycles. The molecule has 1 N–H and O–H groups in total. The zero-order chi connectivity index (χ0) is 26.5. The van der Waals surface area contributed by atoms with Gasteiger partial charge in [0.15, 0.2) is 5.82 Å². The van der Waals surface area contributed by atoms with Gasteiger partial charge >= 0.3 is 6.09 Å². The lowest BCUT2D eigenvalue weighted by Crippen LogP contribution is -2.50. The van der Waals surface area contributed by atoms with Gasteiger partial charge in [0.1, 0.15) is 12.2 Å². The van der Waals surface area contributed by atoms with Crippen molar-refractivity contribution in [3.8, 4) is 17.3 Å². The van der Waals surface area contributed by atoms with Gasteiger partial charge in [-0.25, -0.2) is 9.78 Å². The van der Waals surface area contributed by atoms with Gasteiger partial charge in [0.25, 0.3) is 0 Å². The molecule has 1 saturated heterocycles. The van der Waals surface area contributed by atoms with Gasteiger partial charge in [0.2, 0.25) is 5.88 Å². The molecular formula is C30H33N5O3. The minimum atomic E-state index is -0.612. The highest BCUT2D eigenvalue weighted by Gasteiger charge is 2.32. The van der Waals surface area contributed by atoms with Crippen LogP contribution in [0, 0.1) is 0 Å². The van der Waals surface area contributed by atoms with Gasteiger partial charge in [-0.05, 0) is 70.0 Å². The van der Waals surface area contributed by atoms with Crippen molar-refractivity contribution in [2.45, 2.75) is 51.9 Å². The van der Waals surface area contributed by atoms with E-state index in [9.17, 15) is 4.79 Å². The number of carbonyl (C=O) groups is 1. The largest absolute Gasteiger partial charge is 0.473 e. The van der Waals surface area contributed by atoms with E-state index in [1.54, 1.807) is 23.4 Å². The fourth-order valence-corrected chi connectivity index (χ4v) is 4.58. The molecule has 5 rings (SSSR count). The average molecular weight is 512 g/mol. The Kier molecular flexibility index (Phi) is 7.51. The summed E-state index contributed by atoms with van der Waals surface area (Å²) in [7, 11) is 0. The quantitative estimate of drug-likeness (QED) is 0.352. The second-order valence-corrected chi connectivity index (χ2v) is 10.4. The lowest BCUT2D eigenvalue weighted by Gasteiger charge is -2.36. The number of pyridine rings is 1. The number of hydrogen-bond acceptors (Lipinski definition) is 7. The first-order valence-corrected chi connectivity index (χ1v) is 13.0. The first-order valence-electron chi connectivity index (χ1n) is 13.0. The van der Waals surface area contributed by atoms with Crippen molar-refractivity contribution >= 4 is 22.7 Å². The maximum atomic E-state index is 13.5. The lowest BCUT2D eigenvalue weighted by molar-refractivity contribution is 0.0561. The van der Waals surface area contributed by atoms with Gasteiger partial charge in [-0.2, -0.15) is 4.98 Å². The number of nitrogens with one attached hydrogen (secondary N) is 1. The molecule has 8 nitrogen and oxygen atoms in total. The van der Waals surface area contributed by atoms with Crippen LogP contribution in [0.2, 0.25) is 0 Å². The third kappa shape index (κ3) is 6.08. The van der Waals surface area contributed by atoms with Crippen LogP contribution in [0.4, 0.5) is 10.5 Å². The Bertz CT molecular complexity index is 1400. The first kappa shape index (κ1) is 25.6. The average Bonchev–Trinajstić information content (AvgIpc) is 2.92. The summed E-state index contributed by atoms with van der Waals surface area (Å²) in [6, 6.07) is 19.4. The summed E-state index contributed by atoms with van der Waals surface area (Å²) in [5.74, 6) is 1.03. The fraction of sp³-hybridized carbons (Fsp3) is 0.333. The SMILES string of the molecule is CC(C)(C)OC(=O)N(c1ccnc2ccc(-c3nccc(OCc4ccccc4)n3)cc12)C1CCCNC1. The molecule has 1 aliphatic rings. The van der Waals surface area contributed by atoms with E-state index < -0.39 is 5.60 Å². The molecule has 8 heteroatoms. The lowest BCUT2D eigenvalue weighted by atomic mass is 10.0. The first-order chi connectivity index (χ1) is 18.4. The molecule has 2 aromatic heterocycles. The molecule has 2 aromatic carbocycles. The van der Waals surface area contributed by atoms with Gasteiger partial charge in [-0.3, -0.25) is 9.88 Å². The van der Waals surface area contributed by atoms with E-state index in [-0.39, 0.29) is 12.1 Å². The Balaban J connectivity index is 1.49. The van der Waals surface area contributed by atoms with Crippen molar-refractivity contribution in [2.75, 3.05) is 18.0 Å². The number of ether oxygens (including phenoxy) is 2. The van der Waals surface area contributed by atoms with E-state index in [4.69, 9.17) is 9.47 Å². The third-order valence-electron chi connectivity index (χ3n) is 6.32. The maximum Gasteiger partial charge on any atom is 0.415 e. The monoisotopic (exact) mass is 511 g/mol. The van der Waals surface area contributed by atoms with Crippen LogP contribution < -0.4 is 15.0 Å². The zero-order valence-corrected chi connectivity index (χ0v) is 22.1. The summed E-state index contributed by atoms with van der Waals surface area (Å²) in [6.45, 7) is 7.72. The molecule has 0 aliphatic carbocycles. The van der Waals surface area contributed by atoms with E-state index in [1.807, 2.05) is 75.4 Å². The topological polar surface area (TPSA) is 89.5 Å². The summed E-state index contributed by atoms with van der Waals surface area (Å²) in [6.07, 6.45) is 4.94. The molecule has 1 fully saturated rings. The maximum absolute atomic E-state index is 13.5. The minimum Gasteiger partial charge on any atom is -0.473 e. The van der Waals surface area contributed by atoms with Crippen LogP contribution in [-0.2, 0) is 11.3 Å². The van der Waals surface area contributed by atoms with Crippen LogP contribution in [0.5, 0.6) is 5.88 Å². The minimum absolute atomic E-state index is 0.0289. The van der Waals surface area contributed by atoms with E-state index >= 15 is 0 Å². The van der Waals surface area contributed by atoms with Gasteiger partial charge < -0.3 is 14.8 Å². The number of benzene rings is 2. The van der Waals surface area contributed by atoms with E-state index in [1.165, 1.54) is 0 Å². The number of piperidine rings is 1. The number of fused-ring (bicyclic) bond motifs is 1. The van der Waals surface area contributed by atoms with E-state index in [2.05, 4.69) is 20.3 Å². The van der Waals surface area contributed by atoms with Crippen molar-refractivity contribution in [3.63, 3.8) is 0 Å². The fourth-order valence-electron chi connectivity index (χ4n) is 4.58. The standard InChI is InChI=1S/C30H33N5O3/c1-30(2,3)38-29(36)35(23-10-7-15-31-19-23)26-13-16-32-25-12-11-22(18-24(25)26)28-33-17-14-27(34-28)37-20-21-8-5-4-6-9-21/h4-6,8-9,11-14,16-18,23,31H,7,10,15,19-20H2,1-3H3. The molecule has 38 heavy (non-hydrogen) atoms. The number of hydrogen-bond donors (Lipinski definition) is 1. The van der Waals surface area contributed by atoms with Crippen LogP contribution in [0.3, 0.4) is 0 Å². The molecule has 4 aromatic rings. The summed E-state index contributed by atoms with van der Waals surface area (Å²) in [4.78, 5) is 29.0. The second kappa shape index (κ2) is 11.1. The van der Waals surface area contributed by atoms with Crippen molar-refractivity contribution in [1.82, 2.24) is 20.3 Å². The normalized spacial score (nSPS) is 15.7. The number of carbonyl (C=O) groups excluding carboxylic acids is 1. The number of anilines is 1. The number of nitrogens with zero attached hydrogens (tertiary/aromatic N) is 4. The molecule has 0 radical (unpaired) electrons. The van der Waals surface area contributed by atoms with Crippen LogP contribution >= 0.6 is 0 Å². The van der Waals surface area contributed by atoms with Crippen LogP contribution in [-0.4, -0.2) is 45.8 Å². The Hall–Kier alpha value is -4.04. The predicted molar refractivity (Wildman–Crippen MR) is 148 cm³/mol. The van der Waals surface area contributed by atoms with Gasteiger partial charge in [-0.15, -0.1) is 0 Å². The van der Waals surface area contributed by atoms with Crippen molar-refractivity contribution < 1.29 is 14.3 Å².